The second-order valence-corrected chi connectivity index (χ2v) is 8.80. The predicted molar refractivity (Wildman–Crippen MR) is 119 cm³/mol. The minimum absolute atomic E-state index is 0.0929. The number of benzene rings is 2. The van der Waals surface area contributed by atoms with Crippen molar-refractivity contribution in [2.24, 2.45) is 0 Å². The van der Waals surface area contributed by atoms with Crippen molar-refractivity contribution in [2.75, 3.05) is 21.6 Å². The van der Waals surface area contributed by atoms with Gasteiger partial charge in [-0.3, -0.25) is 14.3 Å². The fraction of sp³-hybridized carbons (Fsp3) is 0.238. The van der Waals surface area contributed by atoms with Crippen LogP contribution in [0.1, 0.15) is 30.6 Å². The molecule has 0 saturated carbocycles. The van der Waals surface area contributed by atoms with E-state index in [2.05, 4.69) is 26.8 Å². The Bertz CT molecular complexity index is 1210. The number of nitrogens with zero attached hydrogens (tertiary/aromatic N) is 1. The van der Waals surface area contributed by atoms with E-state index in [0.29, 0.717) is 11.4 Å². The Labute approximate surface area is 175 Å². The van der Waals surface area contributed by atoms with Crippen LogP contribution in [0.2, 0.25) is 0 Å². The first kappa shape index (κ1) is 21.4. The van der Waals surface area contributed by atoms with E-state index in [0.717, 1.165) is 30.1 Å². The molecule has 0 bridgehead atoms. The van der Waals surface area contributed by atoms with Crippen molar-refractivity contribution in [3.8, 4) is 0 Å². The van der Waals surface area contributed by atoms with Crippen molar-refractivity contribution in [2.45, 2.75) is 26.8 Å². The van der Waals surface area contributed by atoms with Crippen LogP contribution in [0.3, 0.4) is 0 Å². The average molecular weight is 429 g/mol. The molecule has 2 aromatic carbocycles. The number of aromatic nitrogens is 1. The number of sulfonamides is 1. The van der Waals surface area contributed by atoms with Crippen molar-refractivity contribution < 1.29 is 18.0 Å². The molecule has 30 heavy (non-hydrogen) atoms. The first-order chi connectivity index (χ1) is 14.2. The summed E-state index contributed by atoms with van der Waals surface area (Å²) in [5.74, 6) is -0.798. The third kappa shape index (κ3) is 5.18. The molecule has 3 aromatic rings. The van der Waals surface area contributed by atoms with Crippen molar-refractivity contribution in [3.63, 3.8) is 0 Å². The molecule has 0 unspecified atom stereocenters. The van der Waals surface area contributed by atoms with Crippen LogP contribution < -0.4 is 15.4 Å². The molecule has 0 atom stereocenters. The second kappa shape index (κ2) is 8.58. The van der Waals surface area contributed by atoms with Crippen LogP contribution in [0.25, 0.3) is 10.9 Å². The molecule has 3 N–H and O–H groups in total. The van der Waals surface area contributed by atoms with Gasteiger partial charge in [-0.1, -0.05) is 6.92 Å². The van der Waals surface area contributed by atoms with Gasteiger partial charge in [0.2, 0.25) is 15.9 Å². The number of rotatable bonds is 7. The van der Waals surface area contributed by atoms with Gasteiger partial charge < -0.3 is 15.2 Å². The zero-order chi connectivity index (χ0) is 21.9. The lowest BCUT2D eigenvalue weighted by Crippen LogP contribution is -2.18. The summed E-state index contributed by atoms with van der Waals surface area (Å²) in [6.07, 6.45) is 4.03. The quantitative estimate of drug-likeness (QED) is 0.534. The normalized spacial score (nSPS) is 11.3. The van der Waals surface area contributed by atoms with E-state index in [1.54, 1.807) is 6.07 Å². The highest BCUT2D eigenvalue weighted by Crippen LogP contribution is 2.25. The van der Waals surface area contributed by atoms with E-state index < -0.39 is 15.9 Å². The van der Waals surface area contributed by atoms with Crippen molar-refractivity contribution in [1.82, 2.24) is 4.57 Å². The summed E-state index contributed by atoms with van der Waals surface area (Å²) in [6.45, 7) is 4.37. The summed E-state index contributed by atoms with van der Waals surface area (Å²) >= 11 is 0. The number of aryl methyl sites for hydroxylation is 1. The Balaban J connectivity index is 1.92. The smallest absolute Gasteiger partial charge is 0.257 e. The van der Waals surface area contributed by atoms with Gasteiger partial charge in [-0.05, 0) is 48.9 Å². The number of hydrogen-bond donors (Lipinski definition) is 3. The lowest BCUT2D eigenvalue weighted by atomic mass is 10.1. The molecule has 1 heterocycles. The molecule has 8 nitrogen and oxygen atoms in total. The van der Waals surface area contributed by atoms with E-state index >= 15 is 0 Å². The monoisotopic (exact) mass is 428 g/mol. The highest BCUT2D eigenvalue weighted by atomic mass is 32.2. The molecule has 3 rings (SSSR count). The fourth-order valence-corrected chi connectivity index (χ4v) is 3.79. The van der Waals surface area contributed by atoms with Crippen molar-refractivity contribution in [1.29, 1.82) is 0 Å². The number of nitrogens with one attached hydrogen (secondary N) is 3. The van der Waals surface area contributed by atoms with Crippen LogP contribution in [0, 0.1) is 0 Å². The van der Waals surface area contributed by atoms with Gasteiger partial charge in [-0.15, -0.1) is 0 Å². The molecule has 0 spiro atoms. The maximum Gasteiger partial charge on any atom is 0.257 e. The predicted octanol–water partition coefficient (Wildman–Crippen LogP) is 3.63. The molecular formula is C21H24N4O4S. The fourth-order valence-electron chi connectivity index (χ4n) is 3.21. The molecule has 0 aliphatic heterocycles. The molecular weight excluding hydrogens is 404 g/mol. The summed E-state index contributed by atoms with van der Waals surface area (Å²) in [7, 11) is -3.59. The summed E-state index contributed by atoms with van der Waals surface area (Å²) in [5.41, 5.74) is 2.26. The molecule has 0 fully saturated rings. The number of fused-ring (bicyclic) bond motifs is 1. The van der Waals surface area contributed by atoms with Gasteiger partial charge in [0.25, 0.3) is 5.91 Å². The van der Waals surface area contributed by atoms with Gasteiger partial charge in [0.1, 0.15) is 0 Å². The zero-order valence-corrected chi connectivity index (χ0v) is 17.8. The third-order valence-electron chi connectivity index (χ3n) is 4.37. The van der Waals surface area contributed by atoms with E-state index in [9.17, 15) is 18.0 Å². The topological polar surface area (TPSA) is 109 Å². The molecule has 2 amide bonds. The average Bonchev–Trinajstić information content (AvgIpc) is 3.04. The van der Waals surface area contributed by atoms with Crippen molar-refractivity contribution >= 4 is 49.8 Å². The zero-order valence-electron chi connectivity index (χ0n) is 17.0. The van der Waals surface area contributed by atoms with Crippen molar-refractivity contribution in [3.05, 3.63) is 54.2 Å². The lowest BCUT2D eigenvalue weighted by Gasteiger charge is -2.13. The highest BCUT2D eigenvalue weighted by molar-refractivity contribution is 7.92. The Morgan fingerprint density at radius 1 is 1.00 bits per heavy atom. The van der Waals surface area contributed by atoms with Gasteiger partial charge in [-0.2, -0.15) is 0 Å². The maximum absolute atomic E-state index is 12.9. The third-order valence-corrected chi connectivity index (χ3v) is 4.96. The summed E-state index contributed by atoms with van der Waals surface area (Å²) in [6, 6.07) is 12.0. The highest BCUT2D eigenvalue weighted by Gasteiger charge is 2.16. The van der Waals surface area contributed by atoms with Gasteiger partial charge in [0, 0.05) is 41.9 Å². The van der Waals surface area contributed by atoms with Crippen LogP contribution >= 0.6 is 0 Å². The standard InChI is InChI=1S/C21H24N4O4S/c1-4-10-25-11-9-15-12-16(6-8-20(15)25)23-21(27)18-13-17(22-14(2)26)5-7-19(18)24-30(3,28)29/h5-9,11-13,24H,4,10H2,1-3H3,(H,22,26)(H,23,27). The van der Waals surface area contributed by atoms with E-state index in [4.69, 9.17) is 0 Å². The van der Waals surface area contributed by atoms with E-state index in [1.165, 1.54) is 25.1 Å². The maximum atomic E-state index is 12.9. The molecule has 158 valence electrons. The number of hydrogen-bond acceptors (Lipinski definition) is 4. The molecule has 1 aromatic heterocycles. The number of carbonyl (C=O) groups excluding carboxylic acids is 2. The number of amides is 2. The first-order valence-corrected chi connectivity index (χ1v) is 11.3. The summed E-state index contributed by atoms with van der Waals surface area (Å²) in [4.78, 5) is 24.3. The summed E-state index contributed by atoms with van der Waals surface area (Å²) < 4.78 is 27.9. The molecule has 0 radical (unpaired) electrons. The molecule has 9 heteroatoms. The van der Waals surface area contributed by atoms with Gasteiger partial charge >= 0.3 is 0 Å². The van der Waals surface area contributed by atoms with Gasteiger partial charge in [0.05, 0.1) is 17.5 Å². The van der Waals surface area contributed by atoms with Crippen LogP contribution in [0.5, 0.6) is 0 Å². The minimum Gasteiger partial charge on any atom is -0.347 e. The second-order valence-electron chi connectivity index (χ2n) is 7.05. The molecule has 0 aliphatic carbocycles. The number of anilines is 3. The molecule has 0 aliphatic rings. The Morgan fingerprint density at radius 2 is 1.70 bits per heavy atom. The van der Waals surface area contributed by atoms with Gasteiger partial charge in [0.15, 0.2) is 0 Å². The minimum atomic E-state index is -3.59. The first-order valence-electron chi connectivity index (χ1n) is 9.46. The summed E-state index contributed by atoms with van der Waals surface area (Å²) in [5, 5.41) is 6.39. The lowest BCUT2D eigenvalue weighted by molar-refractivity contribution is -0.114. The number of carbonyl (C=O) groups is 2. The van der Waals surface area contributed by atoms with E-state index in [1.807, 2.05) is 24.4 Å². The van der Waals surface area contributed by atoms with Crippen LogP contribution in [-0.4, -0.2) is 31.1 Å². The van der Waals surface area contributed by atoms with Crippen LogP contribution in [0.15, 0.2) is 48.7 Å². The largest absolute Gasteiger partial charge is 0.347 e. The Morgan fingerprint density at radius 3 is 2.37 bits per heavy atom. The van der Waals surface area contributed by atoms with Crippen LogP contribution in [0.4, 0.5) is 17.1 Å². The van der Waals surface area contributed by atoms with Crippen LogP contribution in [-0.2, 0) is 21.4 Å². The Hall–Kier alpha value is -3.33. The SMILES string of the molecule is CCCn1ccc2cc(NC(=O)c3cc(NC(C)=O)ccc3NS(C)(=O)=O)ccc21. The van der Waals surface area contributed by atoms with Gasteiger partial charge in [-0.25, -0.2) is 8.42 Å². The molecule has 0 saturated heterocycles. The van der Waals surface area contributed by atoms with E-state index in [-0.39, 0.29) is 17.2 Å². The Kier molecular flexibility index (Phi) is 6.12.